The summed E-state index contributed by atoms with van der Waals surface area (Å²) in [5.74, 6) is 6.31. The van der Waals surface area contributed by atoms with E-state index >= 15 is 0 Å². The third kappa shape index (κ3) is 3.93. The lowest BCUT2D eigenvalue weighted by Gasteiger charge is -2.22. The van der Waals surface area contributed by atoms with Gasteiger partial charge in [0.2, 0.25) is 0 Å². The fourth-order valence-electron chi connectivity index (χ4n) is 3.13. The molecule has 1 aromatic carbocycles. The van der Waals surface area contributed by atoms with E-state index in [1.165, 1.54) is 51.7 Å². The third-order valence-electron chi connectivity index (χ3n) is 4.32. The van der Waals surface area contributed by atoms with E-state index in [9.17, 15) is 4.39 Å². The fourth-order valence-corrected chi connectivity index (χ4v) is 3.13. The van der Waals surface area contributed by atoms with Crippen LogP contribution in [0.15, 0.2) is 18.2 Å². The fraction of sp³-hybridized carbons (Fsp3) is 0.625. The molecule has 0 bridgehead atoms. The summed E-state index contributed by atoms with van der Waals surface area (Å²) in [6.45, 7) is 0. The van der Waals surface area contributed by atoms with Gasteiger partial charge in [-0.05, 0) is 30.0 Å². The van der Waals surface area contributed by atoms with Gasteiger partial charge in [-0.1, -0.05) is 44.6 Å². The van der Waals surface area contributed by atoms with E-state index in [1.807, 2.05) is 6.07 Å². The zero-order valence-electron chi connectivity index (χ0n) is 12.2. The smallest absolute Gasteiger partial charge is 0.165 e. The van der Waals surface area contributed by atoms with Gasteiger partial charge in [0.1, 0.15) is 0 Å². The number of nitrogens with one attached hydrogen (secondary N) is 1. The maximum Gasteiger partial charge on any atom is 0.165 e. The van der Waals surface area contributed by atoms with Crippen molar-refractivity contribution in [1.82, 2.24) is 5.43 Å². The van der Waals surface area contributed by atoms with E-state index in [1.54, 1.807) is 6.07 Å². The maximum atomic E-state index is 13.8. The lowest BCUT2D eigenvalue weighted by molar-refractivity contribution is 0.356. The minimum Gasteiger partial charge on any atom is -0.494 e. The van der Waals surface area contributed by atoms with Crippen LogP contribution in [0, 0.1) is 11.7 Å². The van der Waals surface area contributed by atoms with Crippen molar-refractivity contribution in [2.45, 2.75) is 51.0 Å². The van der Waals surface area contributed by atoms with Crippen molar-refractivity contribution in [3.8, 4) is 5.75 Å². The van der Waals surface area contributed by atoms with E-state index in [0.717, 1.165) is 12.0 Å². The second-order valence-electron chi connectivity index (χ2n) is 5.71. The molecule has 1 aromatic rings. The molecule has 20 heavy (non-hydrogen) atoms. The summed E-state index contributed by atoms with van der Waals surface area (Å²) >= 11 is 0. The predicted octanol–water partition coefficient (Wildman–Crippen LogP) is 3.70. The number of ether oxygens (including phenoxy) is 1. The summed E-state index contributed by atoms with van der Waals surface area (Å²) < 4.78 is 18.8. The molecule has 1 fully saturated rings. The number of halogens is 1. The van der Waals surface area contributed by atoms with Gasteiger partial charge in [0, 0.05) is 6.04 Å². The molecule has 3 N–H and O–H groups in total. The van der Waals surface area contributed by atoms with Gasteiger partial charge in [0.05, 0.1) is 7.11 Å². The van der Waals surface area contributed by atoms with Crippen LogP contribution in [0.2, 0.25) is 0 Å². The predicted molar refractivity (Wildman–Crippen MR) is 78.8 cm³/mol. The molecule has 0 aliphatic heterocycles. The molecule has 1 unspecified atom stereocenters. The molecule has 0 spiro atoms. The Bertz CT molecular complexity index is 417. The van der Waals surface area contributed by atoms with Crippen molar-refractivity contribution in [3.63, 3.8) is 0 Å². The van der Waals surface area contributed by atoms with E-state index in [4.69, 9.17) is 10.6 Å². The van der Waals surface area contributed by atoms with Crippen molar-refractivity contribution in [3.05, 3.63) is 29.6 Å². The van der Waals surface area contributed by atoms with Gasteiger partial charge < -0.3 is 4.74 Å². The summed E-state index contributed by atoms with van der Waals surface area (Å²) in [5.41, 5.74) is 3.74. The molecule has 1 aliphatic rings. The summed E-state index contributed by atoms with van der Waals surface area (Å²) in [5, 5.41) is 0. The number of hydrogen-bond donors (Lipinski definition) is 2. The molecule has 0 saturated heterocycles. The van der Waals surface area contributed by atoms with Gasteiger partial charge in [0.25, 0.3) is 0 Å². The molecule has 112 valence electrons. The number of hydrazine groups is 1. The molecule has 0 amide bonds. The minimum atomic E-state index is -0.328. The number of hydrogen-bond acceptors (Lipinski definition) is 3. The monoisotopic (exact) mass is 280 g/mol. The first-order chi connectivity index (χ1) is 9.74. The van der Waals surface area contributed by atoms with Crippen molar-refractivity contribution in [2.75, 3.05) is 7.11 Å². The Hall–Kier alpha value is -1.13. The number of methoxy groups -OCH3 is 1. The van der Waals surface area contributed by atoms with Crippen LogP contribution in [0.1, 0.15) is 56.6 Å². The van der Waals surface area contributed by atoms with E-state index in [-0.39, 0.29) is 17.6 Å². The van der Waals surface area contributed by atoms with Gasteiger partial charge in [-0.3, -0.25) is 11.3 Å². The van der Waals surface area contributed by atoms with Crippen molar-refractivity contribution in [1.29, 1.82) is 0 Å². The van der Waals surface area contributed by atoms with Crippen LogP contribution in [0.5, 0.6) is 5.75 Å². The molecule has 2 rings (SSSR count). The SMILES string of the molecule is COc1ccc(C(CC2CCCCCC2)NN)cc1F. The highest BCUT2D eigenvalue weighted by molar-refractivity contribution is 5.31. The first kappa shape index (κ1) is 15.3. The zero-order valence-corrected chi connectivity index (χ0v) is 12.2. The minimum absolute atomic E-state index is 0.0125. The quantitative estimate of drug-likeness (QED) is 0.491. The second kappa shape index (κ2) is 7.60. The number of rotatable bonds is 5. The summed E-state index contributed by atoms with van der Waals surface area (Å²) in [7, 11) is 1.47. The lowest BCUT2D eigenvalue weighted by Crippen LogP contribution is -2.29. The van der Waals surface area contributed by atoms with E-state index < -0.39 is 0 Å². The molecule has 0 aromatic heterocycles. The molecule has 4 heteroatoms. The van der Waals surface area contributed by atoms with Crippen LogP contribution in [-0.4, -0.2) is 7.11 Å². The Labute approximate surface area is 120 Å². The Kier molecular flexibility index (Phi) is 5.80. The van der Waals surface area contributed by atoms with Gasteiger partial charge >= 0.3 is 0 Å². The largest absolute Gasteiger partial charge is 0.494 e. The molecule has 3 nitrogen and oxygen atoms in total. The molecular formula is C16H25FN2O. The van der Waals surface area contributed by atoms with Gasteiger partial charge in [-0.2, -0.15) is 0 Å². The van der Waals surface area contributed by atoms with E-state index in [2.05, 4.69) is 5.43 Å². The molecular weight excluding hydrogens is 255 g/mol. The summed E-state index contributed by atoms with van der Waals surface area (Å²) in [4.78, 5) is 0. The van der Waals surface area contributed by atoms with Crippen LogP contribution in [0.25, 0.3) is 0 Å². The molecule has 1 atom stereocenters. The average molecular weight is 280 g/mol. The highest BCUT2D eigenvalue weighted by Gasteiger charge is 2.19. The molecule has 1 aliphatic carbocycles. The van der Waals surface area contributed by atoms with Crippen LogP contribution in [-0.2, 0) is 0 Å². The number of benzene rings is 1. The second-order valence-corrected chi connectivity index (χ2v) is 5.71. The first-order valence-corrected chi connectivity index (χ1v) is 7.54. The Morgan fingerprint density at radius 1 is 1.30 bits per heavy atom. The molecule has 1 saturated carbocycles. The Morgan fingerprint density at radius 2 is 2.00 bits per heavy atom. The normalized spacial score (nSPS) is 18.6. The van der Waals surface area contributed by atoms with Crippen LogP contribution < -0.4 is 16.0 Å². The van der Waals surface area contributed by atoms with Gasteiger partial charge in [-0.25, -0.2) is 4.39 Å². The first-order valence-electron chi connectivity index (χ1n) is 7.54. The third-order valence-corrected chi connectivity index (χ3v) is 4.32. The van der Waals surface area contributed by atoms with Gasteiger partial charge in [-0.15, -0.1) is 0 Å². The van der Waals surface area contributed by atoms with Crippen LogP contribution in [0.3, 0.4) is 0 Å². The van der Waals surface area contributed by atoms with Crippen molar-refractivity contribution < 1.29 is 9.13 Å². The lowest BCUT2D eigenvalue weighted by atomic mass is 9.90. The standard InChI is InChI=1S/C16H25FN2O/c1-20-16-9-8-13(11-14(16)17)15(19-18)10-12-6-4-2-3-5-7-12/h8-9,11-12,15,19H,2-7,10,18H2,1H3. The molecule has 0 radical (unpaired) electrons. The van der Waals surface area contributed by atoms with Crippen LogP contribution in [0.4, 0.5) is 4.39 Å². The summed E-state index contributed by atoms with van der Waals surface area (Å²) in [6.07, 6.45) is 8.79. The highest BCUT2D eigenvalue weighted by atomic mass is 19.1. The number of nitrogens with two attached hydrogens (primary N) is 1. The van der Waals surface area contributed by atoms with Crippen molar-refractivity contribution >= 4 is 0 Å². The van der Waals surface area contributed by atoms with Gasteiger partial charge in [0.15, 0.2) is 11.6 Å². The topological polar surface area (TPSA) is 47.3 Å². The maximum absolute atomic E-state index is 13.8. The average Bonchev–Trinajstić information content (AvgIpc) is 2.73. The summed E-state index contributed by atoms with van der Waals surface area (Å²) in [6, 6.07) is 5.10. The molecule has 0 heterocycles. The highest BCUT2D eigenvalue weighted by Crippen LogP contribution is 2.32. The zero-order chi connectivity index (χ0) is 14.4. The van der Waals surface area contributed by atoms with Crippen molar-refractivity contribution in [2.24, 2.45) is 11.8 Å². The van der Waals surface area contributed by atoms with E-state index in [0.29, 0.717) is 5.92 Å². The van der Waals surface area contributed by atoms with Crippen LogP contribution >= 0.6 is 0 Å². The Balaban J connectivity index is 2.05. The Morgan fingerprint density at radius 3 is 2.55 bits per heavy atom.